The fraction of sp³-hybridized carbons (Fsp3) is 1.00. The van der Waals surface area contributed by atoms with Crippen molar-refractivity contribution >= 4 is 0 Å². The second-order valence-electron chi connectivity index (χ2n) is 5.38. The number of hydrogen-bond donors (Lipinski definition) is 1. The molecule has 2 rings (SSSR count). The van der Waals surface area contributed by atoms with Gasteiger partial charge in [0.25, 0.3) is 0 Å². The number of hydrogen-bond acceptors (Lipinski definition) is 2. The van der Waals surface area contributed by atoms with Crippen molar-refractivity contribution in [3.8, 4) is 0 Å². The van der Waals surface area contributed by atoms with Crippen molar-refractivity contribution in [2.75, 3.05) is 19.6 Å². The summed E-state index contributed by atoms with van der Waals surface area (Å²) in [6, 6.07) is 1.02. The van der Waals surface area contributed by atoms with Gasteiger partial charge in [0.2, 0.25) is 0 Å². The summed E-state index contributed by atoms with van der Waals surface area (Å²) in [5, 5.41) is 3.43. The Bertz CT molecular complexity index is 243. The Morgan fingerprint density at radius 3 is 2.24 bits per heavy atom. The molecular weight excluding hydrogens is 229 g/mol. The topological polar surface area (TPSA) is 15.3 Å². The minimum Gasteiger partial charge on any atom is -0.312 e. The Balaban J connectivity index is 1.70. The molecule has 0 radical (unpaired) electrons. The monoisotopic (exact) mass is 250 g/mol. The van der Waals surface area contributed by atoms with Crippen LogP contribution < -0.4 is 5.32 Å². The molecule has 1 saturated carbocycles. The van der Waals surface area contributed by atoms with Crippen LogP contribution in [0, 0.1) is 5.92 Å². The number of piperidine rings is 1. The minimum atomic E-state index is -4.00. The lowest BCUT2D eigenvalue weighted by atomic mass is 9.95. The van der Waals surface area contributed by atoms with Crippen LogP contribution in [-0.2, 0) is 0 Å². The van der Waals surface area contributed by atoms with Gasteiger partial charge in [0.1, 0.15) is 0 Å². The van der Waals surface area contributed by atoms with Crippen LogP contribution >= 0.6 is 0 Å². The van der Waals surface area contributed by atoms with Crippen molar-refractivity contribution < 1.29 is 13.2 Å². The number of nitrogens with one attached hydrogen (secondary N) is 1. The highest BCUT2D eigenvalue weighted by atomic mass is 19.4. The highest BCUT2D eigenvalue weighted by Gasteiger charge is 2.41. The van der Waals surface area contributed by atoms with E-state index in [1.165, 1.54) is 12.8 Å². The molecule has 1 aliphatic heterocycles. The molecule has 0 aromatic carbocycles. The van der Waals surface area contributed by atoms with E-state index in [1.807, 2.05) is 0 Å². The van der Waals surface area contributed by atoms with E-state index in [2.05, 4.69) is 17.1 Å². The summed E-state index contributed by atoms with van der Waals surface area (Å²) >= 11 is 0. The summed E-state index contributed by atoms with van der Waals surface area (Å²) in [4.78, 5) is 2.18. The van der Waals surface area contributed by atoms with Crippen LogP contribution in [0.4, 0.5) is 13.2 Å². The maximum Gasteiger partial charge on any atom is 0.391 e. The Labute approximate surface area is 101 Å². The van der Waals surface area contributed by atoms with Crippen LogP contribution in [0.1, 0.15) is 32.6 Å². The first kappa shape index (κ1) is 13.1. The zero-order valence-electron chi connectivity index (χ0n) is 10.3. The molecule has 0 bridgehead atoms. The summed E-state index contributed by atoms with van der Waals surface area (Å²) in [6.45, 7) is 4.17. The molecule has 1 heterocycles. The van der Waals surface area contributed by atoms with Gasteiger partial charge in [0.05, 0.1) is 5.92 Å². The van der Waals surface area contributed by atoms with Crippen LogP contribution in [0.15, 0.2) is 0 Å². The third kappa shape index (κ3) is 3.85. The number of rotatable bonds is 4. The molecule has 1 unspecified atom stereocenters. The fourth-order valence-electron chi connectivity index (χ4n) is 2.42. The van der Waals surface area contributed by atoms with Gasteiger partial charge in [-0.2, -0.15) is 13.2 Å². The molecule has 1 saturated heterocycles. The zero-order valence-corrected chi connectivity index (χ0v) is 10.3. The normalized spacial score (nSPS) is 26.1. The smallest absolute Gasteiger partial charge is 0.312 e. The summed E-state index contributed by atoms with van der Waals surface area (Å²) in [5.74, 6) is -1.08. The third-order valence-electron chi connectivity index (χ3n) is 3.90. The van der Waals surface area contributed by atoms with Crippen LogP contribution in [0.5, 0.6) is 0 Å². The van der Waals surface area contributed by atoms with Crippen molar-refractivity contribution in [2.45, 2.75) is 50.9 Å². The molecule has 0 spiro atoms. The predicted molar refractivity (Wildman–Crippen MR) is 60.8 cm³/mol. The molecule has 0 aromatic heterocycles. The summed E-state index contributed by atoms with van der Waals surface area (Å²) in [5.41, 5.74) is 0. The quantitative estimate of drug-likeness (QED) is 0.824. The van der Waals surface area contributed by atoms with Crippen molar-refractivity contribution in [1.82, 2.24) is 10.2 Å². The van der Waals surface area contributed by atoms with E-state index in [0.717, 1.165) is 6.54 Å². The Kier molecular flexibility index (Phi) is 3.98. The molecule has 5 heteroatoms. The molecule has 2 aliphatic rings. The molecule has 1 N–H and O–H groups in total. The summed E-state index contributed by atoms with van der Waals surface area (Å²) < 4.78 is 37.5. The van der Waals surface area contributed by atoms with E-state index < -0.39 is 12.1 Å². The Morgan fingerprint density at radius 2 is 1.76 bits per heavy atom. The van der Waals surface area contributed by atoms with Gasteiger partial charge in [-0.1, -0.05) is 0 Å². The van der Waals surface area contributed by atoms with E-state index >= 15 is 0 Å². The Hall–Kier alpha value is -0.290. The molecule has 2 fully saturated rings. The third-order valence-corrected chi connectivity index (χ3v) is 3.90. The van der Waals surface area contributed by atoms with Gasteiger partial charge < -0.3 is 5.32 Å². The highest BCUT2D eigenvalue weighted by Crippen LogP contribution is 2.34. The second-order valence-corrected chi connectivity index (χ2v) is 5.38. The molecule has 2 nitrogen and oxygen atoms in total. The average Bonchev–Trinajstić information content (AvgIpc) is 3.09. The fourth-order valence-corrected chi connectivity index (χ4v) is 2.42. The standard InChI is InChI=1S/C12H21F3N2/c1-9(8-16-11-2-3-11)17-6-4-10(5-7-17)12(13,14)15/h9-11,16H,2-8H2,1H3. The minimum absolute atomic E-state index is 0.261. The molecule has 1 atom stereocenters. The van der Waals surface area contributed by atoms with E-state index in [9.17, 15) is 13.2 Å². The van der Waals surface area contributed by atoms with Crippen LogP contribution in [-0.4, -0.2) is 42.8 Å². The number of nitrogens with zero attached hydrogens (tertiary/aromatic N) is 1. The predicted octanol–water partition coefficient (Wildman–Crippen LogP) is 2.40. The lowest BCUT2D eigenvalue weighted by Crippen LogP contribution is -2.47. The van der Waals surface area contributed by atoms with E-state index in [0.29, 0.717) is 25.2 Å². The van der Waals surface area contributed by atoms with Gasteiger partial charge in [0.15, 0.2) is 0 Å². The zero-order chi connectivity index (χ0) is 12.5. The molecular formula is C12H21F3N2. The Morgan fingerprint density at radius 1 is 1.18 bits per heavy atom. The first-order chi connectivity index (χ1) is 7.97. The van der Waals surface area contributed by atoms with Crippen LogP contribution in [0.25, 0.3) is 0 Å². The maximum absolute atomic E-state index is 12.5. The van der Waals surface area contributed by atoms with Gasteiger partial charge in [-0.05, 0) is 45.7 Å². The lowest BCUT2D eigenvalue weighted by Gasteiger charge is -2.36. The molecule has 0 aromatic rings. The van der Waals surface area contributed by atoms with Crippen LogP contribution in [0.2, 0.25) is 0 Å². The van der Waals surface area contributed by atoms with E-state index in [-0.39, 0.29) is 12.8 Å². The molecule has 100 valence electrons. The highest BCUT2D eigenvalue weighted by molar-refractivity contribution is 4.85. The van der Waals surface area contributed by atoms with Crippen molar-refractivity contribution in [3.05, 3.63) is 0 Å². The van der Waals surface area contributed by atoms with Gasteiger partial charge in [-0.15, -0.1) is 0 Å². The van der Waals surface area contributed by atoms with Crippen molar-refractivity contribution in [3.63, 3.8) is 0 Å². The molecule has 0 amide bonds. The van der Waals surface area contributed by atoms with E-state index in [1.54, 1.807) is 0 Å². The second kappa shape index (κ2) is 5.14. The van der Waals surface area contributed by atoms with Gasteiger partial charge >= 0.3 is 6.18 Å². The lowest BCUT2D eigenvalue weighted by molar-refractivity contribution is -0.185. The van der Waals surface area contributed by atoms with Gasteiger partial charge in [-0.3, -0.25) is 4.90 Å². The van der Waals surface area contributed by atoms with Gasteiger partial charge in [-0.25, -0.2) is 0 Å². The van der Waals surface area contributed by atoms with Crippen molar-refractivity contribution in [1.29, 1.82) is 0 Å². The largest absolute Gasteiger partial charge is 0.391 e. The van der Waals surface area contributed by atoms with Gasteiger partial charge in [0, 0.05) is 18.6 Å². The molecule has 17 heavy (non-hydrogen) atoms. The maximum atomic E-state index is 12.5. The first-order valence-electron chi connectivity index (χ1n) is 6.51. The van der Waals surface area contributed by atoms with Crippen molar-refractivity contribution in [2.24, 2.45) is 5.92 Å². The SMILES string of the molecule is CC(CNC1CC1)N1CCC(C(F)(F)F)CC1. The van der Waals surface area contributed by atoms with E-state index in [4.69, 9.17) is 0 Å². The number of likely N-dealkylation sites (tertiary alicyclic amines) is 1. The summed E-state index contributed by atoms with van der Waals surface area (Å²) in [7, 11) is 0. The van der Waals surface area contributed by atoms with Crippen LogP contribution in [0.3, 0.4) is 0 Å². The number of alkyl halides is 3. The molecule has 1 aliphatic carbocycles. The average molecular weight is 250 g/mol. The number of halogens is 3. The summed E-state index contributed by atoms with van der Waals surface area (Å²) in [6.07, 6.45) is -0.970. The first-order valence-corrected chi connectivity index (χ1v) is 6.51.